The van der Waals surface area contributed by atoms with Crippen LogP contribution in [-0.4, -0.2) is 23.6 Å². The van der Waals surface area contributed by atoms with Crippen molar-refractivity contribution >= 4 is 34.8 Å². The molecule has 1 rings (SSSR count). The summed E-state index contributed by atoms with van der Waals surface area (Å²) in [7, 11) is 0. The quantitative estimate of drug-likeness (QED) is 0.382. The Kier molecular flexibility index (Phi) is 9.91. The average molecular weight is 350 g/mol. The van der Waals surface area contributed by atoms with Crippen molar-refractivity contribution in [3.8, 4) is 11.8 Å². The molecule has 0 radical (unpaired) electrons. The molecule has 0 amide bonds. The molecule has 1 aromatic rings. The highest BCUT2D eigenvalue weighted by Gasteiger charge is 2.18. The van der Waals surface area contributed by atoms with Gasteiger partial charge in [-0.05, 0) is 18.4 Å². The molecular weight excluding hydrogens is 331 g/mol. The topological polar surface area (TPSA) is 18.5 Å². The minimum Gasteiger partial charge on any atom is -0.377 e. The van der Waals surface area contributed by atoms with Gasteiger partial charge < -0.3 is 9.47 Å². The molecule has 0 unspecified atom stereocenters. The minimum absolute atomic E-state index is 0.0552. The molecule has 0 atom stereocenters. The van der Waals surface area contributed by atoms with Crippen LogP contribution in [0.5, 0.6) is 0 Å². The highest BCUT2D eigenvalue weighted by molar-refractivity contribution is 6.67. The molecule has 0 heterocycles. The fraction of sp³-hybridized carbons (Fsp3) is 0.500. The van der Waals surface area contributed by atoms with E-state index >= 15 is 0 Å². The van der Waals surface area contributed by atoms with Gasteiger partial charge in [-0.3, -0.25) is 0 Å². The molecule has 0 fully saturated rings. The van der Waals surface area contributed by atoms with Crippen LogP contribution in [0, 0.1) is 11.8 Å². The summed E-state index contributed by atoms with van der Waals surface area (Å²) in [5.74, 6) is 5.91. The van der Waals surface area contributed by atoms with Gasteiger partial charge in [-0.25, -0.2) is 0 Å². The van der Waals surface area contributed by atoms with Crippen molar-refractivity contribution in [2.75, 3.05) is 19.8 Å². The smallest absolute Gasteiger partial charge is 0.213 e. The largest absolute Gasteiger partial charge is 0.377 e. The van der Waals surface area contributed by atoms with Crippen molar-refractivity contribution in [1.29, 1.82) is 0 Å². The third-order valence-electron chi connectivity index (χ3n) is 2.52. The summed E-state index contributed by atoms with van der Waals surface area (Å²) < 4.78 is 9.32. The number of halogens is 3. The number of unbranched alkanes of at least 4 members (excludes halogenated alkanes) is 2. The maximum Gasteiger partial charge on any atom is 0.213 e. The predicted octanol–water partition coefficient (Wildman–Crippen LogP) is 4.76. The highest BCUT2D eigenvalue weighted by atomic mass is 35.6. The molecule has 2 nitrogen and oxygen atoms in total. The molecule has 5 heteroatoms. The molecule has 0 aromatic heterocycles. The Morgan fingerprint density at radius 2 is 1.71 bits per heavy atom. The first-order chi connectivity index (χ1) is 10.1. The van der Waals surface area contributed by atoms with Gasteiger partial charge in [0.1, 0.15) is 6.61 Å². The van der Waals surface area contributed by atoms with E-state index in [0.29, 0.717) is 13.2 Å². The second kappa shape index (κ2) is 11.2. The van der Waals surface area contributed by atoms with E-state index in [1.807, 2.05) is 18.2 Å². The SMILES string of the molecule is ClC(Cl)(Cl)COCC#CCCCCOCc1ccccc1. The molecule has 0 bridgehead atoms. The van der Waals surface area contributed by atoms with Crippen molar-refractivity contribution in [2.45, 2.75) is 29.7 Å². The maximum absolute atomic E-state index is 5.59. The first-order valence-electron chi connectivity index (χ1n) is 6.80. The Bertz CT molecular complexity index is 432. The molecule has 21 heavy (non-hydrogen) atoms. The molecule has 0 N–H and O–H groups in total. The molecule has 0 aliphatic rings. The Balaban J connectivity index is 1.91. The van der Waals surface area contributed by atoms with Crippen LogP contribution < -0.4 is 0 Å². The lowest BCUT2D eigenvalue weighted by molar-refractivity contribution is 0.117. The second-order valence-electron chi connectivity index (χ2n) is 4.46. The summed E-state index contributed by atoms with van der Waals surface area (Å²) >= 11 is 16.6. The van der Waals surface area contributed by atoms with E-state index in [4.69, 9.17) is 44.3 Å². The highest BCUT2D eigenvalue weighted by Crippen LogP contribution is 2.25. The van der Waals surface area contributed by atoms with Gasteiger partial charge in [0.15, 0.2) is 0 Å². The third kappa shape index (κ3) is 11.9. The third-order valence-corrected chi connectivity index (χ3v) is 2.84. The summed E-state index contributed by atoms with van der Waals surface area (Å²) in [5, 5.41) is 0. The van der Waals surface area contributed by atoms with E-state index in [0.717, 1.165) is 25.9 Å². The number of ether oxygens (including phenoxy) is 2. The van der Waals surface area contributed by atoms with Gasteiger partial charge in [0, 0.05) is 13.0 Å². The van der Waals surface area contributed by atoms with Crippen LogP contribution in [0.25, 0.3) is 0 Å². The molecule has 0 saturated carbocycles. The number of hydrogen-bond acceptors (Lipinski definition) is 2. The Morgan fingerprint density at radius 3 is 2.43 bits per heavy atom. The molecule has 1 aromatic carbocycles. The maximum atomic E-state index is 5.59. The minimum atomic E-state index is -1.36. The monoisotopic (exact) mass is 348 g/mol. The van der Waals surface area contributed by atoms with E-state index in [9.17, 15) is 0 Å². The number of benzene rings is 1. The summed E-state index contributed by atoms with van der Waals surface area (Å²) in [5.41, 5.74) is 1.20. The van der Waals surface area contributed by atoms with Crippen molar-refractivity contribution in [3.05, 3.63) is 35.9 Å². The van der Waals surface area contributed by atoms with Gasteiger partial charge in [-0.2, -0.15) is 0 Å². The first kappa shape index (κ1) is 18.6. The number of alkyl halides is 3. The van der Waals surface area contributed by atoms with E-state index in [1.165, 1.54) is 5.56 Å². The van der Waals surface area contributed by atoms with Crippen molar-refractivity contribution in [3.63, 3.8) is 0 Å². The zero-order valence-electron chi connectivity index (χ0n) is 11.8. The summed E-state index contributed by atoms with van der Waals surface area (Å²) in [6.45, 7) is 1.76. The lowest BCUT2D eigenvalue weighted by Gasteiger charge is -2.08. The normalized spacial score (nSPS) is 11.0. The molecule has 0 spiro atoms. The van der Waals surface area contributed by atoms with E-state index in [2.05, 4.69) is 24.0 Å². The number of rotatable bonds is 8. The average Bonchev–Trinajstić information content (AvgIpc) is 2.44. The molecule has 0 aliphatic carbocycles. The van der Waals surface area contributed by atoms with Gasteiger partial charge in [0.05, 0.1) is 13.2 Å². The van der Waals surface area contributed by atoms with Crippen LogP contribution in [0.4, 0.5) is 0 Å². The molecule has 0 saturated heterocycles. The van der Waals surface area contributed by atoms with Crippen molar-refractivity contribution < 1.29 is 9.47 Å². The van der Waals surface area contributed by atoms with Crippen LogP contribution in [0.3, 0.4) is 0 Å². The van der Waals surface area contributed by atoms with Crippen LogP contribution in [0.15, 0.2) is 30.3 Å². The van der Waals surface area contributed by atoms with Crippen LogP contribution in [0.2, 0.25) is 0 Å². The standard InChI is InChI=1S/C16H19Cl3O2/c17-16(18,19)14-21-12-8-3-1-2-7-11-20-13-15-9-5-4-6-10-15/h4-6,9-10H,1-2,7,11-14H2. The molecule has 0 aliphatic heterocycles. The zero-order chi connectivity index (χ0) is 15.4. The lowest BCUT2D eigenvalue weighted by Crippen LogP contribution is -2.12. The summed E-state index contributed by atoms with van der Waals surface area (Å²) in [4.78, 5) is 0. The Morgan fingerprint density at radius 1 is 0.952 bits per heavy atom. The van der Waals surface area contributed by atoms with Crippen molar-refractivity contribution in [2.24, 2.45) is 0 Å². The first-order valence-corrected chi connectivity index (χ1v) is 7.93. The van der Waals surface area contributed by atoms with Crippen LogP contribution >= 0.6 is 34.8 Å². The van der Waals surface area contributed by atoms with E-state index in [1.54, 1.807) is 0 Å². The zero-order valence-corrected chi connectivity index (χ0v) is 14.1. The lowest BCUT2D eigenvalue weighted by atomic mass is 10.2. The number of hydrogen-bond donors (Lipinski definition) is 0. The van der Waals surface area contributed by atoms with E-state index in [-0.39, 0.29) is 6.61 Å². The Labute approximate surface area is 141 Å². The van der Waals surface area contributed by atoms with Crippen LogP contribution in [0.1, 0.15) is 24.8 Å². The van der Waals surface area contributed by atoms with Crippen molar-refractivity contribution in [1.82, 2.24) is 0 Å². The summed E-state index contributed by atoms with van der Waals surface area (Å²) in [6, 6.07) is 10.1. The molecule has 116 valence electrons. The predicted molar refractivity (Wildman–Crippen MR) is 88.8 cm³/mol. The Hall–Kier alpha value is -0.430. The van der Waals surface area contributed by atoms with Gasteiger partial charge in [-0.1, -0.05) is 71.1 Å². The fourth-order valence-corrected chi connectivity index (χ4v) is 1.77. The van der Waals surface area contributed by atoms with E-state index < -0.39 is 3.79 Å². The van der Waals surface area contributed by atoms with Gasteiger partial charge >= 0.3 is 0 Å². The summed E-state index contributed by atoms with van der Waals surface area (Å²) in [6.07, 6.45) is 2.83. The van der Waals surface area contributed by atoms with Crippen LogP contribution in [-0.2, 0) is 16.1 Å². The van der Waals surface area contributed by atoms with Gasteiger partial charge in [0.25, 0.3) is 0 Å². The van der Waals surface area contributed by atoms with Gasteiger partial charge in [0.2, 0.25) is 3.79 Å². The molecular formula is C16H19Cl3O2. The second-order valence-corrected chi connectivity index (χ2v) is 6.97. The van der Waals surface area contributed by atoms with Gasteiger partial charge in [-0.15, -0.1) is 5.92 Å². The fourth-order valence-electron chi connectivity index (χ4n) is 1.54.